The average Bonchev–Trinajstić information content (AvgIpc) is 2.97. The van der Waals surface area contributed by atoms with Crippen LogP contribution in [0.2, 0.25) is 10.0 Å². The maximum Gasteiger partial charge on any atom is 0.115 e. The minimum absolute atomic E-state index is 0.266. The van der Waals surface area contributed by atoms with Crippen LogP contribution >= 0.6 is 34.5 Å². The van der Waals surface area contributed by atoms with Crippen molar-refractivity contribution < 1.29 is 0 Å². The SMILES string of the molecule is NC(c1ccncc1)c1nc(-c2ccc(Cl)cc2Cl)cs1. The molecular formula is C15H11Cl2N3S. The van der Waals surface area contributed by atoms with Gasteiger partial charge in [-0.05, 0) is 35.9 Å². The van der Waals surface area contributed by atoms with Crippen LogP contribution in [0, 0.1) is 0 Å². The molecule has 1 unspecified atom stereocenters. The van der Waals surface area contributed by atoms with Gasteiger partial charge in [-0.1, -0.05) is 23.2 Å². The zero-order valence-electron chi connectivity index (χ0n) is 10.8. The van der Waals surface area contributed by atoms with Gasteiger partial charge in [0.25, 0.3) is 0 Å². The van der Waals surface area contributed by atoms with Gasteiger partial charge in [0.2, 0.25) is 0 Å². The van der Waals surface area contributed by atoms with Crippen molar-refractivity contribution in [1.82, 2.24) is 9.97 Å². The van der Waals surface area contributed by atoms with Gasteiger partial charge in [0.15, 0.2) is 0 Å². The highest BCUT2D eigenvalue weighted by Gasteiger charge is 2.15. The lowest BCUT2D eigenvalue weighted by Crippen LogP contribution is -2.11. The van der Waals surface area contributed by atoms with E-state index in [2.05, 4.69) is 9.97 Å². The number of nitrogens with zero attached hydrogens (tertiary/aromatic N) is 2. The molecule has 3 rings (SSSR count). The predicted molar refractivity (Wildman–Crippen MR) is 87.8 cm³/mol. The van der Waals surface area contributed by atoms with E-state index in [1.165, 1.54) is 11.3 Å². The van der Waals surface area contributed by atoms with Crippen LogP contribution in [-0.2, 0) is 0 Å². The largest absolute Gasteiger partial charge is 0.318 e. The fourth-order valence-electron chi connectivity index (χ4n) is 1.96. The van der Waals surface area contributed by atoms with Gasteiger partial charge in [-0.25, -0.2) is 4.98 Å². The van der Waals surface area contributed by atoms with Crippen molar-refractivity contribution in [2.45, 2.75) is 6.04 Å². The molecule has 0 aliphatic heterocycles. The Bertz CT molecular complexity index is 759. The van der Waals surface area contributed by atoms with Crippen LogP contribution in [0.4, 0.5) is 0 Å². The summed E-state index contributed by atoms with van der Waals surface area (Å²) in [5.41, 5.74) is 8.87. The van der Waals surface area contributed by atoms with Gasteiger partial charge in [0.1, 0.15) is 5.01 Å². The van der Waals surface area contributed by atoms with Crippen LogP contribution in [0.5, 0.6) is 0 Å². The second-order valence-corrected chi connectivity index (χ2v) is 6.19. The molecule has 2 N–H and O–H groups in total. The van der Waals surface area contributed by atoms with Crippen LogP contribution in [0.15, 0.2) is 48.1 Å². The second-order valence-electron chi connectivity index (χ2n) is 4.45. The molecule has 0 amide bonds. The second kappa shape index (κ2) is 6.12. The Morgan fingerprint density at radius 2 is 1.86 bits per heavy atom. The average molecular weight is 336 g/mol. The number of pyridine rings is 1. The lowest BCUT2D eigenvalue weighted by Gasteiger charge is -2.08. The first-order valence-electron chi connectivity index (χ1n) is 6.21. The Hall–Kier alpha value is -1.46. The van der Waals surface area contributed by atoms with E-state index in [1.54, 1.807) is 24.5 Å². The van der Waals surface area contributed by atoms with Crippen molar-refractivity contribution in [3.05, 3.63) is 68.7 Å². The molecule has 0 saturated heterocycles. The summed E-state index contributed by atoms with van der Waals surface area (Å²) in [5.74, 6) is 0. The summed E-state index contributed by atoms with van der Waals surface area (Å²) in [4.78, 5) is 8.58. The van der Waals surface area contributed by atoms with E-state index in [0.717, 1.165) is 21.8 Å². The van der Waals surface area contributed by atoms with Gasteiger partial charge in [0, 0.05) is 28.4 Å². The molecule has 0 fully saturated rings. The highest BCUT2D eigenvalue weighted by molar-refractivity contribution is 7.10. The lowest BCUT2D eigenvalue weighted by molar-refractivity contribution is 0.855. The van der Waals surface area contributed by atoms with Crippen molar-refractivity contribution >= 4 is 34.5 Å². The summed E-state index contributed by atoms with van der Waals surface area (Å²) in [5, 5.41) is 3.97. The fraction of sp³-hybridized carbons (Fsp3) is 0.0667. The Morgan fingerprint density at radius 1 is 1.10 bits per heavy atom. The Labute approximate surface area is 136 Å². The monoisotopic (exact) mass is 335 g/mol. The molecule has 3 aromatic rings. The minimum atomic E-state index is -0.266. The number of thiazole rings is 1. The van der Waals surface area contributed by atoms with Crippen LogP contribution in [0.25, 0.3) is 11.3 Å². The smallest absolute Gasteiger partial charge is 0.115 e. The molecular weight excluding hydrogens is 325 g/mol. The molecule has 21 heavy (non-hydrogen) atoms. The third-order valence-electron chi connectivity index (χ3n) is 3.06. The van der Waals surface area contributed by atoms with Crippen molar-refractivity contribution in [2.24, 2.45) is 5.73 Å². The molecule has 0 aliphatic rings. The number of hydrogen-bond donors (Lipinski definition) is 1. The van der Waals surface area contributed by atoms with Crippen LogP contribution in [0.3, 0.4) is 0 Å². The maximum atomic E-state index is 6.24. The molecule has 0 radical (unpaired) electrons. The summed E-state index contributed by atoms with van der Waals surface area (Å²) in [7, 11) is 0. The van der Waals surface area contributed by atoms with E-state index >= 15 is 0 Å². The lowest BCUT2D eigenvalue weighted by atomic mass is 10.1. The summed E-state index contributed by atoms with van der Waals surface area (Å²) < 4.78 is 0. The van der Waals surface area contributed by atoms with Crippen LogP contribution in [-0.4, -0.2) is 9.97 Å². The molecule has 2 aromatic heterocycles. The van der Waals surface area contributed by atoms with Gasteiger partial charge in [-0.15, -0.1) is 11.3 Å². The van der Waals surface area contributed by atoms with E-state index in [-0.39, 0.29) is 6.04 Å². The van der Waals surface area contributed by atoms with E-state index < -0.39 is 0 Å². The summed E-state index contributed by atoms with van der Waals surface area (Å²) >= 11 is 13.6. The molecule has 106 valence electrons. The standard InChI is InChI=1S/C15H11Cl2N3S/c16-10-1-2-11(12(17)7-10)13-8-21-15(20-13)14(18)9-3-5-19-6-4-9/h1-8,14H,18H2. The highest BCUT2D eigenvalue weighted by atomic mass is 35.5. The molecule has 3 nitrogen and oxygen atoms in total. The van der Waals surface area contributed by atoms with Gasteiger partial charge in [-0.2, -0.15) is 0 Å². The van der Waals surface area contributed by atoms with Crippen LogP contribution in [0.1, 0.15) is 16.6 Å². The van der Waals surface area contributed by atoms with Crippen molar-refractivity contribution in [3.63, 3.8) is 0 Å². The van der Waals surface area contributed by atoms with E-state index in [0.29, 0.717) is 10.0 Å². The molecule has 1 aromatic carbocycles. The quantitative estimate of drug-likeness (QED) is 0.763. The van der Waals surface area contributed by atoms with Gasteiger partial charge in [0.05, 0.1) is 16.8 Å². The number of benzene rings is 1. The molecule has 0 spiro atoms. The first-order valence-corrected chi connectivity index (χ1v) is 7.85. The molecule has 0 aliphatic carbocycles. The number of aromatic nitrogens is 2. The number of nitrogens with two attached hydrogens (primary N) is 1. The molecule has 1 atom stereocenters. The van der Waals surface area contributed by atoms with Crippen molar-refractivity contribution in [2.75, 3.05) is 0 Å². The number of hydrogen-bond acceptors (Lipinski definition) is 4. The van der Waals surface area contributed by atoms with Crippen molar-refractivity contribution in [1.29, 1.82) is 0 Å². The van der Waals surface area contributed by atoms with Gasteiger partial charge >= 0.3 is 0 Å². The molecule has 6 heteroatoms. The summed E-state index contributed by atoms with van der Waals surface area (Å²) in [6.45, 7) is 0. The first-order chi connectivity index (χ1) is 10.1. The molecule has 2 heterocycles. The third kappa shape index (κ3) is 3.09. The zero-order chi connectivity index (χ0) is 14.8. The highest BCUT2D eigenvalue weighted by Crippen LogP contribution is 2.33. The van der Waals surface area contributed by atoms with Crippen molar-refractivity contribution in [3.8, 4) is 11.3 Å². The number of halogens is 2. The number of rotatable bonds is 3. The third-order valence-corrected chi connectivity index (χ3v) is 4.54. The maximum absolute atomic E-state index is 6.24. The van der Waals surface area contributed by atoms with Crippen LogP contribution < -0.4 is 5.73 Å². The zero-order valence-corrected chi connectivity index (χ0v) is 13.2. The summed E-state index contributed by atoms with van der Waals surface area (Å²) in [6, 6.07) is 8.88. The molecule has 0 saturated carbocycles. The molecule has 0 bridgehead atoms. The Balaban J connectivity index is 1.93. The minimum Gasteiger partial charge on any atom is -0.318 e. The first kappa shape index (κ1) is 14.5. The topological polar surface area (TPSA) is 51.8 Å². The Morgan fingerprint density at radius 3 is 2.57 bits per heavy atom. The Kier molecular flexibility index (Phi) is 4.22. The predicted octanol–water partition coefficient (Wildman–Crippen LogP) is 4.56. The van der Waals surface area contributed by atoms with E-state index in [4.69, 9.17) is 28.9 Å². The van der Waals surface area contributed by atoms with E-state index in [1.807, 2.05) is 23.6 Å². The fourth-order valence-corrected chi connectivity index (χ4v) is 3.32. The van der Waals surface area contributed by atoms with Gasteiger partial charge < -0.3 is 5.73 Å². The van der Waals surface area contributed by atoms with Gasteiger partial charge in [-0.3, -0.25) is 4.98 Å². The normalized spacial score (nSPS) is 12.3. The summed E-state index contributed by atoms with van der Waals surface area (Å²) in [6.07, 6.45) is 3.44. The van der Waals surface area contributed by atoms with E-state index in [9.17, 15) is 0 Å².